The molecule has 0 saturated carbocycles. The Morgan fingerprint density at radius 3 is 2.53 bits per heavy atom. The fraction of sp³-hybridized carbons (Fsp3) is 0.0833. The molecule has 0 bridgehead atoms. The quantitative estimate of drug-likeness (QED) is 0.722. The largest absolute Gasteiger partial charge is 0.240 e. The molecular formula is C12H8BrNS. The highest BCUT2D eigenvalue weighted by molar-refractivity contribution is 9.10. The standard InChI is InChI=1S/C12H8BrNS/c1-3-11-8(2)14-12(15-11)9-4-6-10(13)7-5-9/h1,4-7H,2H3. The lowest BCUT2D eigenvalue weighted by atomic mass is 10.2. The van der Waals surface area contributed by atoms with Crippen molar-refractivity contribution >= 4 is 27.3 Å². The highest BCUT2D eigenvalue weighted by Crippen LogP contribution is 2.28. The van der Waals surface area contributed by atoms with E-state index in [-0.39, 0.29) is 0 Å². The Balaban J connectivity index is 2.46. The maximum Gasteiger partial charge on any atom is 0.124 e. The Morgan fingerprint density at radius 1 is 1.33 bits per heavy atom. The molecule has 0 saturated heterocycles. The molecule has 0 spiro atoms. The summed E-state index contributed by atoms with van der Waals surface area (Å²) >= 11 is 4.96. The Morgan fingerprint density at radius 2 is 2.00 bits per heavy atom. The maximum absolute atomic E-state index is 5.38. The summed E-state index contributed by atoms with van der Waals surface area (Å²) in [6.45, 7) is 1.94. The molecule has 0 aliphatic carbocycles. The predicted molar refractivity (Wildman–Crippen MR) is 67.9 cm³/mol. The predicted octanol–water partition coefficient (Wildman–Crippen LogP) is 3.86. The van der Waals surface area contributed by atoms with Gasteiger partial charge in [-0.05, 0) is 19.1 Å². The van der Waals surface area contributed by atoms with E-state index in [2.05, 4.69) is 26.8 Å². The number of halogens is 1. The molecular weight excluding hydrogens is 270 g/mol. The third-order valence-electron chi connectivity index (χ3n) is 2.02. The van der Waals surface area contributed by atoms with Crippen LogP contribution in [0.3, 0.4) is 0 Å². The van der Waals surface area contributed by atoms with Crippen LogP contribution >= 0.6 is 27.3 Å². The van der Waals surface area contributed by atoms with Gasteiger partial charge in [0.15, 0.2) is 0 Å². The first-order chi connectivity index (χ1) is 7.20. The van der Waals surface area contributed by atoms with Crippen molar-refractivity contribution in [3.63, 3.8) is 0 Å². The molecule has 1 heterocycles. The van der Waals surface area contributed by atoms with Gasteiger partial charge in [0.05, 0.1) is 10.6 Å². The molecule has 1 nitrogen and oxygen atoms in total. The number of aryl methyl sites for hydroxylation is 1. The van der Waals surface area contributed by atoms with Crippen LogP contribution < -0.4 is 0 Å². The van der Waals surface area contributed by atoms with Gasteiger partial charge in [0.25, 0.3) is 0 Å². The molecule has 0 fully saturated rings. The minimum Gasteiger partial charge on any atom is -0.240 e. The summed E-state index contributed by atoms with van der Waals surface area (Å²) in [6, 6.07) is 8.06. The van der Waals surface area contributed by atoms with Crippen molar-refractivity contribution in [3.8, 4) is 22.9 Å². The molecule has 0 radical (unpaired) electrons. The SMILES string of the molecule is C#Cc1sc(-c2ccc(Br)cc2)nc1C. The van der Waals surface area contributed by atoms with E-state index in [1.165, 1.54) is 0 Å². The zero-order valence-corrected chi connectivity index (χ0v) is 10.5. The van der Waals surface area contributed by atoms with Gasteiger partial charge in [-0.1, -0.05) is 34.0 Å². The Kier molecular flexibility index (Phi) is 2.90. The van der Waals surface area contributed by atoms with Crippen molar-refractivity contribution < 1.29 is 0 Å². The van der Waals surface area contributed by atoms with Gasteiger partial charge in [-0.15, -0.1) is 17.8 Å². The molecule has 0 unspecified atom stereocenters. The number of hydrogen-bond acceptors (Lipinski definition) is 2. The van der Waals surface area contributed by atoms with E-state index in [1.807, 2.05) is 31.2 Å². The Bertz CT molecular complexity index is 520. The molecule has 2 aromatic rings. The molecule has 0 aliphatic heterocycles. The molecule has 3 heteroatoms. The van der Waals surface area contributed by atoms with Crippen LogP contribution in [0.25, 0.3) is 10.6 Å². The summed E-state index contributed by atoms with van der Waals surface area (Å²) in [6.07, 6.45) is 5.38. The lowest BCUT2D eigenvalue weighted by Gasteiger charge is -1.95. The van der Waals surface area contributed by atoms with E-state index in [9.17, 15) is 0 Å². The number of hydrogen-bond donors (Lipinski definition) is 0. The van der Waals surface area contributed by atoms with E-state index in [4.69, 9.17) is 6.42 Å². The van der Waals surface area contributed by atoms with Crippen LogP contribution in [0.5, 0.6) is 0 Å². The van der Waals surface area contributed by atoms with E-state index in [1.54, 1.807) is 11.3 Å². The number of rotatable bonds is 1. The lowest BCUT2D eigenvalue weighted by molar-refractivity contribution is 1.26. The molecule has 0 aliphatic rings. The van der Waals surface area contributed by atoms with Crippen molar-refractivity contribution in [3.05, 3.63) is 39.3 Å². The van der Waals surface area contributed by atoms with Crippen molar-refractivity contribution in [1.29, 1.82) is 0 Å². The summed E-state index contributed by atoms with van der Waals surface area (Å²) in [7, 11) is 0. The van der Waals surface area contributed by atoms with Gasteiger partial charge in [-0.25, -0.2) is 4.98 Å². The minimum atomic E-state index is 0.910. The summed E-state index contributed by atoms with van der Waals surface area (Å²) in [5.74, 6) is 2.64. The molecule has 1 aromatic heterocycles. The van der Waals surface area contributed by atoms with Gasteiger partial charge >= 0.3 is 0 Å². The third kappa shape index (κ3) is 2.11. The average Bonchev–Trinajstić information content (AvgIpc) is 2.61. The second kappa shape index (κ2) is 4.18. The van der Waals surface area contributed by atoms with Gasteiger partial charge in [-0.3, -0.25) is 0 Å². The monoisotopic (exact) mass is 277 g/mol. The lowest BCUT2D eigenvalue weighted by Crippen LogP contribution is -1.77. The van der Waals surface area contributed by atoms with Gasteiger partial charge < -0.3 is 0 Å². The summed E-state index contributed by atoms with van der Waals surface area (Å²) in [4.78, 5) is 5.35. The number of terminal acetylenes is 1. The fourth-order valence-corrected chi connectivity index (χ4v) is 2.39. The van der Waals surface area contributed by atoms with E-state index in [0.717, 1.165) is 25.6 Å². The van der Waals surface area contributed by atoms with E-state index >= 15 is 0 Å². The Hall–Kier alpha value is -1.11. The first kappa shape index (κ1) is 10.4. The van der Waals surface area contributed by atoms with Crippen LogP contribution in [0.4, 0.5) is 0 Å². The molecule has 0 amide bonds. The smallest absolute Gasteiger partial charge is 0.124 e. The molecule has 1 aromatic carbocycles. The van der Waals surface area contributed by atoms with Crippen molar-refractivity contribution in [2.75, 3.05) is 0 Å². The van der Waals surface area contributed by atoms with E-state index in [0.29, 0.717) is 0 Å². The van der Waals surface area contributed by atoms with E-state index < -0.39 is 0 Å². The zero-order valence-electron chi connectivity index (χ0n) is 8.12. The Labute approximate surface area is 101 Å². The maximum atomic E-state index is 5.38. The third-order valence-corrected chi connectivity index (χ3v) is 3.69. The topological polar surface area (TPSA) is 12.9 Å². The van der Waals surface area contributed by atoms with Gasteiger partial charge in [0.1, 0.15) is 5.01 Å². The zero-order chi connectivity index (χ0) is 10.8. The van der Waals surface area contributed by atoms with Crippen LogP contribution in [0.1, 0.15) is 10.6 Å². The van der Waals surface area contributed by atoms with Crippen LogP contribution in [0, 0.1) is 19.3 Å². The normalized spacial score (nSPS) is 9.93. The van der Waals surface area contributed by atoms with Crippen molar-refractivity contribution in [2.45, 2.75) is 6.92 Å². The minimum absolute atomic E-state index is 0.910. The van der Waals surface area contributed by atoms with Gasteiger partial charge in [0.2, 0.25) is 0 Å². The number of thiazole rings is 1. The van der Waals surface area contributed by atoms with Gasteiger partial charge in [0, 0.05) is 10.0 Å². The summed E-state index contributed by atoms with van der Waals surface area (Å²) in [5, 5.41) is 0.980. The second-order valence-electron chi connectivity index (χ2n) is 3.08. The number of nitrogens with zero attached hydrogens (tertiary/aromatic N) is 1. The highest BCUT2D eigenvalue weighted by Gasteiger charge is 2.06. The van der Waals surface area contributed by atoms with Crippen LogP contribution in [0.15, 0.2) is 28.7 Å². The van der Waals surface area contributed by atoms with Crippen LogP contribution in [-0.4, -0.2) is 4.98 Å². The fourth-order valence-electron chi connectivity index (χ4n) is 1.25. The van der Waals surface area contributed by atoms with Crippen LogP contribution in [0.2, 0.25) is 0 Å². The summed E-state index contributed by atoms with van der Waals surface area (Å²) in [5.41, 5.74) is 2.04. The molecule has 2 rings (SSSR count). The number of benzene rings is 1. The second-order valence-corrected chi connectivity index (χ2v) is 5.00. The molecule has 0 N–H and O–H groups in total. The van der Waals surface area contributed by atoms with Crippen molar-refractivity contribution in [2.24, 2.45) is 0 Å². The molecule has 0 atom stereocenters. The van der Waals surface area contributed by atoms with Crippen molar-refractivity contribution in [1.82, 2.24) is 4.98 Å². The first-order valence-corrected chi connectivity index (χ1v) is 6.01. The summed E-state index contributed by atoms with van der Waals surface area (Å²) < 4.78 is 1.07. The van der Waals surface area contributed by atoms with Crippen LogP contribution in [-0.2, 0) is 0 Å². The first-order valence-electron chi connectivity index (χ1n) is 4.40. The number of aromatic nitrogens is 1. The van der Waals surface area contributed by atoms with Gasteiger partial charge in [-0.2, -0.15) is 0 Å². The molecule has 74 valence electrons. The highest BCUT2D eigenvalue weighted by atomic mass is 79.9. The average molecular weight is 278 g/mol. The molecule has 15 heavy (non-hydrogen) atoms.